The second-order valence-electron chi connectivity index (χ2n) is 3.41. The van der Waals surface area contributed by atoms with Crippen molar-refractivity contribution in [3.63, 3.8) is 0 Å². The molecule has 3 nitrogen and oxygen atoms in total. The average molecular weight is 338 g/mol. The summed E-state index contributed by atoms with van der Waals surface area (Å²) >= 11 is 6.57. The zero-order valence-corrected chi connectivity index (χ0v) is 11.3. The van der Waals surface area contributed by atoms with Crippen molar-refractivity contribution in [2.45, 2.75) is 13.0 Å². The first kappa shape index (κ1) is 11.2. The van der Waals surface area contributed by atoms with Crippen molar-refractivity contribution in [3.8, 4) is 11.5 Å². The van der Waals surface area contributed by atoms with Gasteiger partial charge in [0.05, 0.1) is 15.6 Å². The summed E-state index contributed by atoms with van der Waals surface area (Å²) in [7, 11) is 0. The normalized spacial score (nSPS) is 19.0. The number of rotatable bonds is 3. The van der Waals surface area contributed by atoms with E-state index in [4.69, 9.17) is 9.47 Å². The fourth-order valence-corrected chi connectivity index (χ4v) is 2.26. The zero-order valence-electron chi connectivity index (χ0n) is 8.09. The van der Waals surface area contributed by atoms with Crippen LogP contribution in [0.3, 0.4) is 0 Å². The molecule has 1 N–H and O–H groups in total. The number of phenolic OH excluding ortho intramolecular Hbond substituents is 1. The molecule has 2 rings (SSSR count). The Hall–Kier alpha value is -0.260. The molecule has 15 heavy (non-hydrogen) atoms. The van der Waals surface area contributed by atoms with Gasteiger partial charge in [-0.15, -0.1) is 0 Å². The lowest BCUT2D eigenvalue weighted by molar-refractivity contribution is 0.261. The van der Waals surface area contributed by atoms with E-state index in [1.165, 1.54) is 0 Å². The van der Waals surface area contributed by atoms with Crippen molar-refractivity contribution in [2.75, 3.05) is 13.2 Å². The standard InChI is InChI=1S/C10H10Br2O3/c1-5-8(15-4-6-3-14-6)2-7(11)10(13)9(5)12/h2,6,13H,3-4H2,1H3. The summed E-state index contributed by atoms with van der Waals surface area (Å²) in [6.45, 7) is 3.23. The highest BCUT2D eigenvalue weighted by atomic mass is 79.9. The molecule has 0 spiro atoms. The first-order valence-electron chi connectivity index (χ1n) is 4.51. The third kappa shape index (κ3) is 2.46. The highest BCUT2D eigenvalue weighted by Gasteiger charge is 2.24. The van der Waals surface area contributed by atoms with Crippen molar-refractivity contribution in [3.05, 3.63) is 20.6 Å². The second kappa shape index (κ2) is 4.31. The third-order valence-corrected chi connectivity index (χ3v) is 3.79. The maximum Gasteiger partial charge on any atom is 0.144 e. The smallest absolute Gasteiger partial charge is 0.144 e. The molecule has 1 heterocycles. The molecule has 0 amide bonds. The van der Waals surface area contributed by atoms with Gasteiger partial charge >= 0.3 is 0 Å². The molecule has 1 saturated heterocycles. The summed E-state index contributed by atoms with van der Waals surface area (Å²) in [6, 6.07) is 1.76. The van der Waals surface area contributed by atoms with E-state index in [1.807, 2.05) is 6.92 Å². The number of epoxide rings is 1. The first-order valence-corrected chi connectivity index (χ1v) is 6.10. The number of benzene rings is 1. The van der Waals surface area contributed by atoms with E-state index in [0.717, 1.165) is 17.9 Å². The summed E-state index contributed by atoms with van der Waals surface area (Å²) in [4.78, 5) is 0. The third-order valence-electron chi connectivity index (χ3n) is 2.22. The summed E-state index contributed by atoms with van der Waals surface area (Å²) in [5.74, 6) is 0.949. The van der Waals surface area contributed by atoms with Crippen LogP contribution in [0.15, 0.2) is 15.0 Å². The van der Waals surface area contributed by atoms with Crippen molar-refractivity contribution in [2.24, 2.45) is 0 Å². The molecule has 0 saturated carbocycles. The lowest BCUT2D eigenvalue weighted by Gasteiger charge is -2.11. The number of halogens is 2. The van der Waals surface area contributed by atoms with E-state index in [-0.39, 0.29) is 11.9 Å². The van der Waals surface area contributed by atoms with Gasteiger partial charge in [0.1, 0.15) is 24.2 Å². The number of hydrogen-bond acceptors (Lipinski definition) is 3. The van der Waals surface area contributed by atoms with Crippen LogP contribution in [0, 0.1) is 6.92 Å². The Labute approximate surface area is 105 Å². The maximum atomic E-state index is 9.63. The van der Waals surface area contributed by atoms with E-state index in [0.29, 0.717) is 15.6 Å². The van der Waals surface area contributed by atoms with E-state index < -0.39 is 0 Å². The number of hydrogen-bond donors (Lipinski definition) is 1. The Morgan fingerprint density at radius 2 is 2.27 bits per heavy atom. The molecule has 0 aromatic heterocycles. The van der Waals surface area contributed by atoms with Crippen LogP contribution in [0.4, 0.5) is 0 Å². The van der Waals surface area contributed by atoms with Gasteiger partial charge in [-0.3, -0.25) is 0 Å². The number of phenols is 1. The van der Waals surface area contributed by atoms with Crippen molar-refractivity contribution < 1.29 is 14.6 Å². The second-order valence-corrected chi connectivity index (χ2v) is 5.06. The van der Waals surface area contributed by atoms with Gasteiger partial charge in [0.15, 0.2) is 0 Å². The maximum absolute atomic E-state index is 9.63. The van der Waals surface area contributed by atoms with Crippen LogP contribution in [-0.2, 0) is 4.74 Å². The van der Waals surface area contributed by atoms with Gasteiger partial charge in [0.2, 0.25) is 0 Å². The van der Waals surface area contributed by atoms with Crippen LogP contribution in [0.5, 0.6) is 11.5 Å². The Bertz CT molecular complexity index is 389. The van der Waals surface area contributed by atoms with Gasteiger partial charge in [-0.05, 0) is 44.8 Å². The van der Waals surface area contributed by atoms with Crippen LogP contribution in [0.2, 0.25) is 0 Å². The van der Waals surface area contributed by atoms with Gasteiger partial charge < -0.3 is 14.6 Å². The first-order chi connectivity index (χ1) is 7.09. The minimum absolute atomic E-state index is 0.197. The van der Waals surface area contributed by atoms with Gasteiger partial charge in [-0.2, -0.15) is 0 Å². The number of ether oxygens (including phenoxy) is 2. The fraction of sp³-hybridized carbons (Fsp3) is 0.400. The van der Waals surface area contributed by atoms with Crippen LogP contribution in [0.1, 0.15) is 5.56 Å². The van der Waals surface area contributed by atoms with Crippen LogP contribution in [0.25, 0.3) is 0 Å². The highest BCUT2D eigenvalue weighted by Crippen LogP contribution is 2.40. The predicted molar refractivity (Wildman–Crippen MR) is 63.5 cm³/mol. The molecule has 1 unspecified atom stereocenters. The molecule has 1 fully saturated rings. The Morgan fingerprint density at radius 3 is 2.87 bits per heavy atom. The lowest BCUT2D eigenvalue weighted by atomic mass is 10.2. The topological polar surface area (TPSA) is 42.0 Å². The van der Waals surface area contributed by atoms with Crippen LogP contribution >= 0.6 is 31.9 Å². The van der Waals surface area contributed by atoms with Gasteiger partial charge in [-0.25, -0.2) is 0 Å². The van der Waals surface area contributed by atoms with Gasteiger partial charge in [0, 0.05) is 5.56 Å². The van der Waals surface area contributed by atoms with Crippen LogP contribution < -0.4 is 4.74 Å². The summed E-state index contributed by atoms with van der Waals surface area (Å²) in [5.41, 5.74) is 0.886. The van der Waals surface area contributed by atoms with E-state index in [9.17, 15) is 5.11 Å². The van der Waals surface area contributed by atoms with Crippen molar-refractivity contribution in [1.82, 2.24) is 0 Å². The molecule has 1 aliphatic rings. The van der Waals surface area contributed by atoms with E-state index >= 15 is 0 Å². The minimum atomic E-state index is 0.197. The summed E-state index contributed by atoms with van der Waals surface area (Å²) in [6.07, 6.45) is 0.232. The number of aromatic hydroxyl groups is 1. The summed E-state index contributed by atoms with van der Waals surface area (Å²) in [5, 5.41) is 9.63. The van der Waals surface area contributed by atoms with Crippen molar-refractivity contribution >= 4 is 31.9 Å². The fourth-order valence-electron chi connectivity index (χ4n) is 1.18. The molecular weight excluding hydrogens is 328 g/mol. The molecule has 1 atom stereocenters. The Kier molecular flexibility index (Phi) is 3.23. The van der Waals surface area contributed by atoms with Gasteiger partial charge in [0.25, 0.3) is 0 Å². The zero-order chi connectivity index (χ0) is 11.0. The van der Waals surface area contributed by atoms with E-state index in [2.05, 4.69) is 31.9 Å². The molecule has 82 valence electrons. The minimum Gasteiger partial charge on any atom is -0.506 e. The molecule has 0 bridgehead atoms. The SMILES string of the molecule is Cc1c(OCC2CO2)cc(Br)c(O)c1Br. The monoisotopic (exact) mass is 336 g/mol. The molecule has 0 radical (unpaired) electrons. The molecule has 5 heteroatoms. The van der Waals surface area contributed by atoms with E-state index in [1.54, 1.807) is 6.07 Å². The van der Waals surface area contributed by atoms with Crippen LogP contribution in [-0.4, -0.2) is 24.4 Å². The highest BCUT2D eigenvalue weighted by molar-refractivity contribution is 9.11. The molecular formula is C10H10Br2O3. The van der Waals surface area contributed by atoms with Crippen molar-refractivity contribution in [1.29, 1.82) is 0 Å². The quantitative estimate of drug-likeness (QED) is 0.862. The molecule has 1 aromatic rings. The predicted octanol–water partition coefficient (Wildman–Crippen LogP) is 3.00. The Morgan fingerprint density at radius 1 is 1.60 bits per heavy atom. The van der Waals surface area contributed by atoms with Gasteiger partial charge in [-0.1, -0.05) is 0 Å². The molecule has 0 aliphatic carbocycles. The summed E-state index contributed by atoms with van der Waals surface area (Å²) < 4.78 is 11.9. The lowest BCUT2D eigenvalue weighted by Crippen LogP contribution is -2.05. The molecule has 1 aromatic carbocycles. The average Bonchev–Trinajstić information content (AvgIpc) is 3.02. The Balaban J connectivity index is 2.21. The largest absolute Gasteiger partial charge is 0.506 e. The molecule has 1 aliphatic heterocycles.